The van der Waals surface area contributed by atoms with Crippen molar-refractivity contribution in [3.05, 3.63) is 29.5 Å². The molecule has 2 aromatic heterocycles. The van der Waals surface area contributed by atoms with Gasteiger partial charge in [0.25, 0.3) is 0 Å². The minimum Gasteiger partial charge on any atom is -0.298 e. The highest BCUT2D eigenvalue weighted by molar-refractivity contribution is 7.92. The largest absolute Gasteiger partial charge is 0.298 e. The maximum Gasteiger partial charge on any atom is 0.188 e. The Bertz CT molecular complexity index is 817. The summed E-state index contributed by atoms with van der Waals surface area (Å²) in [5.41, 5.74) is 1.70. The molecule has 3 rings (SSSR count). The molecule has 1 saturated heterocycles. The van der Waals surface area contributed by atoms with Crippen molar-refractivity contribution in [2.24, 2.45) is 0 Å². The molecule has 9 heteroatoms. The van der Waals surface area contributed by atoms with E-state index >= 15 is 0 Å². The Morgan fingerprint density at radius 3 is 2.68 bits per heavy atom. The van der Waals surface area contributed by atoms with Gasteiger partial charge < -0.3 is 0 Å². The van der Waals surface area contributed by atoms with Crippen molar-refractivity contribution in [1.82, 2.24) is 24.5 Å². The second kappa shape index (κ2) is 7.43. The summed E-state index contributed by atoms with van der Waals surface area (Å²) in [5.74, 6) is 1.28. The Hall–Kier alpha value is -1.45. The minimum atomic E-state index is -3.27. The number of hydrogen-bond donors (Lipinski definition) is 0. The fraction of sp³-hybridized carbons (Fsp3) is 0.625. The van der Waals surface area contributed by atoms with Crippen LogP contribution in [0, 0.1) is 0 Å². The van der Waals surface area contributed by atoms with Gasteiger partial charge in [-0.2, -0.15) is 0 Å². The smallest absolute Gasteiger partial charge is 0.188 e. The fourth-order valence-corrected chi connectivity index (χ4v) is 4.85. The zero-order chi connectivity index (χ0) is 18.0. The first-order chi connectivity index (χ1) is 11.8. The highest BCUT2D eigenvalue weighted by Crippen LogP contribution is 2.32. The van der Waals surface area contributed by atoms with Crippen LogP contribution in [0.25, 0.3) is 0 Å². The van der Waals surface area contributed by atoms with Crippen LogP contribution < -0.4 is 0 Å². The van der Waals surface area contributed by atoms with E-state index in [0.717, 1.165) is 55.4 Å². The number of piperidine rings is 1. The Kier molecular flexibility index (Phi) is 5.45. The summed E-state index contributed by atoms with van der Waals surface area (Å²) in [5, 5.41) is 4.12. The molecule has 0 aliphatic carbocycles. The van der Waals surface area contributed by atoms with Gasteiger partial charge in [0.2, 0.25) is 0 Å². The Morgan fingerprint density at radius 1 is 1.32 bits per heavy atom. The number of aromatic nitrogens is 4. The van der Waals surface area contributed by atoms with E-state index in [0.29, 0.717) is 15.8 Å². The van der Waals surface area contributed by atoms with Gasteiger partial charge in [-0.25, -0.2) is 18.4 Å². The van der Waals surface area contributed by atoms with E-state index in [9.17, 15) is 8.42 Å². The molecule has 2 aromatic rings. The van der Waals surface area contributed by atoms with Crippen LogP contribution in [-0.4, -0.2) is 52.2 Å². The Balaban J connectivity index is 1.70. The molecule has 136 valence electrons. The molecule has 1 fully saturated rings. The van der Waals surface area contributed by atoms with Gasteiger partial charge in [-0.1, -0.05) is 18.3 Å². The lowest BCUT2D eigenvalue weighted by Gasteiger charge is -2.31. The van der Waals surface area contributed by atoms with Crippen molar-refractivity contribution in [3.8, 4) is 0 Å². The molecule has 1 aliphatic rings. The van der Waals surface area contributed by atoms with Gasteiger partial charge >= 0.3 is 0 Å². The molecule has 3 heterocycles. The average Bonchev–Trinajstić information content (AvgIpc) is 3.05. The Morgan fingerprint density at radius 2 is 2.04 bits per heavy atom. The molecule has 0 spiro atoms. The van der Waals surface area contributed by atoms with Crippen LogP contribution in [0.4, 0.5) is 0 Å². The van der Waals surface area contributed by atoms with Crippen LogP contribution in [-0.2, 0) is 16.4 Å². The third kappa shape index (κ3) is 4.39. The molecular weight excluding hydrogens is 358 g/mol. The topological polar surface area (TPSA) is 88.9 Å². The number of hydrogen-bond acceptors (Lipinski definition) is 8. The van der Waals surface area contributed by atoms with E-state index < -0.39 is 9.84 Å². The van der Waals surface area contributed by atoms with E-state index in [1.807, 2.05) is 12.4 Å². The second-order valence-corrected chi connectivity index (χ2v) is 9.86. The van der Waals surface area contributed by atoms with Crippen LogP contribution in [0.5, 0.6) is 0 Å². The molecule has 1 atom stereocenters. The predicted molar refractivity (Wildman–Crippen MR) is 96.4 cm³/mol. The van der Waals surface area contributed by atoms with Crippen LogP contribution in [0.15, 0.2) is 16.6 Å². The SMILES string of the molecule is CC(C)c1ncc(CN2CCC[C@@H](c3nnsc3S(C)(=O)=O)C2)cn1. The van der Waals surface area contributed by atoms with Crippen molar-refractivity contribution in [2.45, 2.75) is 49.3 Å². The van der Waals surface area contributed by atoms with Gasteiger partial charge in [0.1, 0.15) is 5.82 Å². The molecule has 25 heavy (non-hydrogen) atoms. The second-order valence-electron chi connectivity index (χ2n) is 6.90. The maximum absolute atomic E-state index is 11.9. The molecule has 0 amide bonds. The van der Waals surface area contributed by atoms with Crippen LogP contribution >= 0.6 is 11.5 Å². The fourth-order valence-electron chi connectivity index (χ4n) is 3.12. The summed E-state index contributed by atoms with van der Waals surface area (Å²) in [4.78, 5) is 11.2. The monoisotopic (exact) mass is 381 g/mol. The van der Waals surface area contributed by atoms with Gasteiger partial charge in [-0.05, 0) is 19.4 Å². The normalized spacial score (nSPS) is 19.4. The third-order valence-electron chi connectivity index (χ3n) is 4.36. The first-order valence-corrected chi connectivity index (χ1v) is 11.1. The van der Waals surface area contributed by atoms with Gasteiger partial charge in [0, 0.05) is 60.7 Å². The average molecular weight is 382 g/mol. The summed E-state index contributed by atoms with van der Waals surface area (Å²) >= 11 is 0.972. The Labute approximate surface area is 152 Å². The van der Waals surface area contributed by atoms with Crippen molar-refractivity contribution in [2.75, 3.05) is 19.3 Å². The highest BCUT2D eigenvalue weighted by atomic mass is 32.2. The van der Waals surface area contributed by atoms with Crippen molar-refractivity contribution >= 4 is 21.4 Å². The first-order valence-electron chi connectivity index (χ1n) is 8.40. The molecule has 0 N–H and O–H groups in total. The lowest BCUT2D eigenvalue weighted by atomic mass is 9.95. The van der Waals surface area contributed by atoms with E-state index in [-0.39, 0.29) is 5.92 Å². The van der Waals surface area contributed by atoms with Gasteiger partial charge in [-0.3, -0.25) is 4.90 Å². The first kappa shape index (κ1) is 18.3. The molecule has 0 aromatic carbocycles. The molecule has 0 saturated carbocycles. The summed E-state index contributed by atoms with van der Waals surface area (Å²) in [6, 6.07) is 0. The van der Waals surface area contributed by atoms with E-state index in [1.54, 1.807) is 0 Å². The summed E-state index contributed by atoms with van der Waals surface area (Å²) in [7, 11) is -3.27. The molecule has 1 aliphatic heterocycles. The zero-order valence-electron chi connectivity index (χ0n) is 14.7. The van der Waals surface area contributed by atoms with E-state index in [2.05, 4.69) is 38.3 Å². The number of likely N-dealkylation sites (tertiary alicyclic amines) is 1. The maximum atomic E-state index is 11.9. The zero-order valence-corrected chi connectivity index (χ0v) is 16.3. The van der Waals surface area contributed by atoms with Gasteiger partial charge in [-0.15, -0.1) is 5.10 Å². The van der Waals surface area contributed by atoms with Crippen molar-refractivity contribution < 1.29 is 8.42 Å². The summed E-state index contributed by atoms with van der Waals surface area (Å²) in [6.07, 6.45) is 6.94. The molecule has 0 radical (unpaired) electrons. The number of nitrogens with zero attached hydrogens (tertiary/aromatic N) is 5. The molecular formula is C16H23N5O2S2. The van der Waals surface area contributed by atoms with Gasteiger partial charge in [0.05, 0.1) is 5.69 Å². The summed E-state index contributed by atoms with van der Waals surface area (Å²) < 4.78 is 28.0. The van der Waals surface area contributed by atoms with Gasteiger partial charge in [0.15, 0.2) is 14.0 Å². The predicted octanol–water partition coefficient (Wildman–Crippen LogP) is 2.23. The number of sulfone groups is 1. The van der Waals surface area contributed by atoms with Crippen molar-refractivity contribution in [3.63, 3.8) is 0 Å². The molecule has 7 nitrogen and oxygen atoms in total. The van der Waals surface area contributed by atoms with Crippen LogP contribution in [0.2, 0.25) is 0 Å². The van der Waals surface area contributed by atoms with E-state index in [4.69, 9.17) is 0 Å². The lowest BCUT2D eigenvalue weighted by molar-refractivity contribution is 0.197. The summed E-state index contributed by atoms with van der Waals surface area (Å²) in [6.45, 7) is 6.67. The number of rotatable bonds is 5. The van der Waals surface area contributed by atoms with Crippen molar-refractivity contribution in [1.29, 1.82) is 0 Å². The lowest BCUT2D eigenvalue weighted by Crippen LogP contribution is -2.34. The quantitative estimate of drug-likeness (QED) is 0.784. The third-order valence-corrected chi connectivity index (χ3v) is 6.91. The highest BCUT2D eigenvalue weighted by Gasteiger charge is 2.29. The van der Waals surface area contributed by atoms with Crippen LogP contribution in [0.1, 0.15) is 55.6 Å². The standard InChI is InChI=1S/C16H23N5O2S2/c1-11(2)15-17-7-12(8-18-15)9-21-6-4-5-13(10-21)14-16(24-20-19-14)25(3,22)23/h7-8,11,13H,4-6,9-10H2,1-3H3/t13-/m1/s1. The molecule has 0 bridgehead atoms. The van der Waals surface area contributed by atoms with E-state index in [1.165, 1.54) is 6.26 Å². The molecule has 0 unspecified atom stereocenters. The van der Waals surface area contributed by atoms with Crippen LogP contribution in [0.3, 0.4) is 0 Å². The minimum absolute atomic E-state index is 0.105.